The van der Waals surface area contributed by atoms with Crippen molar-refractivity contribution >= 4 is 55.1 Å². The number of anilines is 1. The molecule has 1 aliphatic heterocycles. The molecule has 0 unspecified atom stereocenters. The fourth-order valence-electron chi connectivity index (χ4n) is 3.58. The molecule has 0 spiro atoms. The number of benzene rings is 3. The molecule has 0 saturated carbocycles. The van der Waals surface area contributed by atoms with Crippen molar-refractivity contribution in [2.24, 2.45) is 5.10 Å². The fraction of sp³-hybridized carbons (Fsp3) is 0.160. The number of amides is 2. The summed E-state index contributed by atoms with van der Waals surface area (Å²) in [6.07, 6.45) is 0.800. The zero-order valence-corrected chi connectivity index (χ0v) is 20.3. The maximum Gasteiger partial charge on any atom is 0.243 e. The van der Waals surface area contributed by atoms with E-state index in [-0.39, 0.29) is 30.7 Å². The van der Waals surface area contributed by atoms with Crippen LogP contribution < -0.4 is 5.32 Å². The van der Waals surface area contributed by atoms with Crippen LogP contribution in [0.1, 0.15) is 36.4 Å². The minimum atomic E-state index is -0.202. The molecule has 32 heavy (non-hydrogen) atoms. The van der Waals surface area contributed by atoms with Crippen LogP contribution in [-0.4, -0.2) is 22.5 Å². The molecule has 3 aromatic rings. The van der Waals surface area contributed by atoms with E-state index < -0.39 is 0 Å². The predicted octanol–water partition coefficient (Wildman–Crippen LogP) is 6.31. The van der Waals surface area contributed by atoms with Gasteiger partial charge in [0.15, 0.2) is 0 Å². The van der Waals surface area contributed by atoms with Gasteiger partial charge < -0.3 is 5.32 Å². The molecule has 1 heterocycles. The summed E-state index contributed by atoms with van der Waals surface area (Å²) in [7, 11) is 0. The van der Waals surface area contributed by atoms with Crippen molar-refractivity contribution in [1.82, 2.24) is 5.01 Å². The summed E-state index contributed by atoms with van der Waals surface area (Å²) in [5.74, 6) is -0.366. The highest BCUT2D eigenvalue weighted by atomic mass is 79.9. The first-order chi connectivity index (χ1) is 15.5. The molecule has 0 aliphatic carbocycles. The molecule has 1 N–H and O–H groups in total. The van der Waals surface area contributed by atoms with Crippen LogP contribution in [-0.2, 0) is 9.59 Å². The van der Waals surface area contributed by atoms with E-state index in [2.05, 4.69) is 42.3 Å². The van der Waals surface area contributed by atoms with Crippen LogP contribution in [0.15, 0.2) is 92.9 Å². The lowest BCUT2D eigenvalue weighted by Gasteiger charge is -2.22. The monoisotopic (exact) mass is 553 g/mol. The number of halogens is 2. The Morgan fingerprint density at radius 2 is 1.50 bits per heavy atom. The van der Waals surface area contributed by atoms with Crippen molar-refractivity contribution in [3.8, 4) is 0 Å². The maximum absolute atomic E-state index is 13.1. The van der Waals surface area contributed by atoms with Crippen molar-refractivity contribution < 1.29 is 9.59 Å². The van der Waals surface area contributed by atoms with Crippen LogP contribution in [0.4, 0.5) is 5.69 Å². The summed E-state index contributed by atoms with van der Waals surface area (Å²) in [6.45, 7) is 0. The van der Waals surface area contributed by atoms with E-state index in [0.29, 0.717) is 6.42 Å². The summed E-state index contributed by atoms with van der Waals surface area (Å²) in [5.41, 5.74) is 3.56. The van der Waals surface area contributed by atoms with Gasteiger partial charge in [0, 0.05) is 33.9 Å². The average Bonchev–Trinajstić information content (AvgIpc) is 3.25. The Kier molecular flexibility index (Phi) is 7.17. The highest BCUT2D eigenvalue weighted by Gasteiger charge is 2.33. The predicted molar refractivity (Wildman–Crippen MR) is 133 cm³/mol. The normalized spacial score (nSPS) is 15.4. The minimum Gasteiger partial charge on any atom is -0.326 e. The summed E-state index contributed by atoms with van der Waals surface area (Å²) in [6, 6.07) is 24.8. The van der Waals surface area contributed by atoms with Crippen LogP contribution in [0.25, 0.3) is 0 Å². The molecule has 3 aromatic carbocycles. The quantitative estimate of drug-likeness (QED) is 0.388. The first kappa shape index (κ1) is 22.4. The van der Waals surface area contributed by atoms with E-state index in [1.807, 2.05) is 78.9 Å². The molecular formula is C25H21Br2N3O2. The van der Waals surface area contributed by atoms with Crippen LogP contribution in [0.5, 0.6) is 0 Å². The van der Waals surface area contributed by atoms with Gasteiger partial charge in [0.05, 0.1) is 11.8 Å². The van der Waals surface area contributed by atoms with Crippen LogP contribution in [0.3, 0.4) is 0 Å². The standard InChI is InChI=1S/C25H21Br2N3O2/c26-19-10-6-17(7-11-19)22-16-23(18-8-12-20(27)13-9-18)30(29-22)25(32)15-14-24(31)28-21-4-2-1-3-5-21/h1-13,23H,14-16H2,(H,28,31)/t23-/m0/s1. The Morgan fingerprint density at radius 1 is 0.875 bits per heavy atom. The molecule has 2 amide bonds. The molecule has 0 aromatic heterocycles. The molecule has 5 nitrogen and oxygen atoms in total. The molecule has 7 heteroatoms. The maximum atomic E-state index is 13.1. The third-order valence-corrected chi connectivity index (χ3v) is 6.28. The number of nitrogens with zero attached hydrogens (tertiary/aromatic N) is 2. The zero-order chi connectivity index (χ0) is 22.5. The smallest absolute Gasteiger partial charge is 0.243 e. The molecule has 0 saturated heterocycles. The first-order valence-electron chi connectivity index (χ1n) is 10.3. The SMILES string of the molecule is O=C(CCC(=O)N1N=C(c2ccc(Br)cc2)C[C@H]1c1ccc(Br)cc1)Nc1ccccc1. The second kappa shape index (κ2) is 10.2. The molecule has 1 aliphatic rings. The Hall–Kier alpha value is -2.77. The number of carbonyl (C=O) groups is 2. The van der Waals surface area contributed by atoms with Crippen molar-refractivity contribution in [2.75, 3.05) is 5.32 Å². The van der Waals surface area contributed by atoms with E-state index in [9.17, 15) is 9.59 Å². The third kappa shape index (κ3) is 5.53. The number of rotatable bonds is 6. The van der Waals surface area contributed by atoms with Gasteiger partial charge in [0.1, 0.15) is 0 Å². The van der Waals surface area contributed by atoms with E-state index >= 15 is 0 Å². The third-order valence-electron chi connectivity index (χ3n) is 5.22. The molecular weight excluding hydrogens is 534 g/mol. The van der Waals surface area contributed by atoms with Crippen LogP contribution in [0.2, 0.25) is 0 Å². The fourth-order valence-corrected chi connectivity index (χ4v) is 4.11. The molecule has 162 valence electrons. The van der Waals surface area contributed by atoms with Gasteiger partial charge in [0.25, 0.3) is 0 Å². The molecule has 1 atom stereocenters. The summed E-state index contributed by atoms with van der Waals surface area (Å²) in [4.78, 5) is 25.4. The molecule has 0 bridgehead atoms. The summed E-state index contributed by atoms with van der Waals surface area (Å²) >= 11 is 6.92. The highest BCUT2D eigenvalue weighted by molar-refractivity contribution is 9.10. The number of nitrogens with one attached hydrogen (secondary N) is 1. The minimum absolute atomic E-state index is 0.0861. The average molecular weight is 555 g/mol. The number of para-hydroxylation sites is 1. The number of hydrazone groups is 1. The van der Waals surface area contributed by atoms with E-state index in [0.717, 1.165) is 31.5 Å². The molecule has 4 rings (SSSR count). The second-order valence-corrected chi connectivity index (χ2v) is 9.31. The molecule has 0 radical (unpaired) electrons. The van der Waals surface area contributed by atoms with Crippen LogP contribution in [0, 0.1) is 0 Å². The van der Waals surface area contributed by atoms with Crippen LogP contribution >= 0.6 is 31.9 Å². The van der Waals surface area contributed by atoms with Gasteiger partial charge in [-0.1, -0.05) is 74.3 Å². The molecule has 0 fully saturated rings. The van der Waals surface area contributed by atoms with Crippen molar-refractivity contribution in [2.45, 2.75) is 25.3 Å². The van der Waals surface area contributed by atoms with Crippen molar-refractivity contribution in [3.63, 3.8) is 0 Å². The van der Waals surface area contributed by atoms with Gasteiger partial charge >= 0.3 is 0 Å². The van der Waals surface area contributed by atoms with E-state index in [1.54, 1.807) is 0 Å². The van der Waals surface area contributed by atoms with E-state index in [1.165, 1.54) is 5.01 Å². The van der Waals surface area contributed by atoms with Gasteiger partial charge in [-0.3, -0.25) is 9.59 Å². The second-order valence-electron chi connectivity index (χ2n) is 7.48. The Morgan fingerprint density at radius 3 is 2.16 bits per heavy atom. The van der Waals surface area contributed by atoms with Gasteiger partial charge in [-0.05, 0) is 47.5 Å². The largest absolute Gasteiger partial charge is 0.326 e. The van der Waals surface area contributed by atoms with Gasteiger partial charge in [0.2, 0.25) is 11.8 Å². The zero-order valence-electron chi connectivity index (χ0n) is 17.2. The lowest BCUT2D eigenvalue weighted by molar-refractivity contribution is -0.134. The number of hydrogen-bond donors (Lipinski definition) is 1. The topological polar surface area (TPSA) is 61.8 Å². The lowest BCUT2D eigenvalue weighted by atomic mass is 9.98. The summed E-state index contributed by atoms with van der Waals surface area (Å²) in [5, 5.41) is 9.03. The van der Waals surface area contributed by atoms with E-state index in [4.69, 9.17) is 0 Å². The number of hydrogen-bond acceptors (Lipinski definition) is 3. The van der Waals surface area contributed by atoms with Gasteiger partial charge in [-0.2, -0.15) is 5.10 Å². The highest BCUT2D eigenvalue weighted by Crippen LogP contribution is 2.34. The Labute approximate surface area is 203 Å². The van der Waals surface area contributed by atoms with Gasteiger partial charge in [-0.15, -0.1) is 0 Å². The summed E-state index contributed by atoms with van der Waals surface area (Å²) < 4.78 is 1.96. The van der Waals surface area contributed by atoms with Crippen molar-refractivity contribution in [1.29, 1.82) is 0 Å². The number of carbonyl (C=O) groups excluding carboxylic acids is 2. The lowest BCUT2D eigenvalue weighted by Crippen LogP contribution is -2.28. The first-order valence-corrected chi connectivity index (χ1v) is 11.8. The van der Waals surface area contributed by atoms with Crippen molar-refractivity contribution in [3.05, 3.63) is 98.9 Å². The van der Waals surface area contributed by atoms with Gasteiger partial charge in [-0.25, -0.2) is 5.01 Å². The Balaban J connectivity index is 1.50. The Bertz CT molecular complexity index is 1130.